The first kappa shape index (κ1) is 12.4. The molecule has 0 saturated carbocycles. The van der Waals surface area contributed by atoms with Crippen molar-refractivity contribution in [3.05, 3.63) is 41.6 Å². The highest BCUT2D eigenvalue weighted by molar-refractivity contribution is 5.86. The topological polar surface area (TPSA) is 80.1 Å². The van der Waals surface area contributed by atoms with Crippen molar-refractivity contribution in [1.29, 1.82) is 0 Å². The first-order valence-corrected chi connectivity index (χ1v) is 5.60. The Labute approximate surface area is 104 Å². The minimum Gasteiger partial charge on any atom is -0.463 e. The third-order valence-electron chi connectivity index (χ3n) is 2.65. The smallest absolute Gasteiger partial charge is 0.373 e. The molecule has 2 heterocycles. The molecule has 0 fully saturated rings. The van der Waals surface area contributed by atoms with E-state index in [1.54, 1.807) is 18.3 Å². The van der Waals surface area contributed by atoms with E-state index >= 15 is 0 Å². The van der Waals surface area contributed by atoms with E-state index in [9.17, 15) is 4.79 Å². The van der Waals surface area contributed by atoms with Gasteiger partial charge in [0.15, 0.2) is 0 Å². The summed E-state index contributed by atoms with van der Waals surface area (Å²) in [6.07, 6.45) is 3.60. The number of methoxy groups -OCH3 is 1. The Balaban J connectivity index is 1.90. The summed E-state index contributed by atoms with van der Waals surface area (Å²) in [4.78, 5) is 11.2. The molecule has 0 amide bonds. The van der Waals surface area contributed by atoms with E-state index in [1.807, 2.05) is 13.1 Å². The predicted molar refractivity (Wildman–Crippen MR) is 63.9 cm³/mol. The number of aromatic nitrogens is 2. The fourth-order valence-electron chi connectivity index (χ4n) is 1.55. The van der Waals surface area contributed by atoms with Crippen molar-refractivity contribution in [3.8, 4) is 0 Å². The number of hydrogen-bond donors (Lipinski definition) is 2. The van der Waals surface area contributed by atoms with E-state index in [2.05, 4.69) is 20.3 Å². The summed E-state index contributed by atoms with van der Waals surface area (Å²) in [6, 6.07) is 3.50. The lowest BCUT2D eigenvalue weighted by Gasteiger charge is -2.09. The molecule has 0 spiro atoms. The van der Waals surface area contributed by atoms with Gasteiger partial charge in [0.2, 0.25) is 5.76 Å². The summed E-state index contributed by atoms with van der Waals surface area (Å²) in [5.74, 6) is 0.431. The second-order valence-electron chi connectivity index (χ2n) is 3.89. The number of hydrogen-bond acceptors (Lipinski definition) is 5. The largest absolute Gasteiger partial charge is 0.463 e. The van der Waals surface area contributed by atoms with Crippen LogP contribution in [0.5, 0.6) is 0 Å². The van der Waals surface area contributed by atoms with Gasteiger partial charge in [-0.15, -0.1) is 0 Å². The minimum absolute atomic E-state index is 0.149. The van der Waals surface area contributed by atoms with Crippen LogP contribution in [0.25, 0.3) is 0 Å². The van der Waals surface area contributed by atoms with E-state index in [1.165, 1.54) is 7.11 Å². The Morgan fingerprint density at radius 3 is 3.11 bits per heavy atom. The van der Waals surface area contributed by atoms with Crippen LogP contribution in [0.2, 0.25) is 0 Å². The van der Waals surface area contributed by atoms with Gasteiger partial charge >= 0.3 is 5.97 Å². The van der Waals surface area contributed by atoms with Gasteiger partial charge in [0.05, 0.1) is 19.9 Å². The maximum Gasteiger partial charge on any atom is 0.373 e. The minimum atomic E-state index is -0.468. The average Bonchev–Trinajstić information content (AvgIpc) is 3.05. The standard InChI is InChI=1S/C12H15N3O3/c1-8(9-5-14-15-6-9)13-7-10-3-4-11(18-10)12(16)17-2/h3-6,8,13H,7H2,1-2H3,(H,14,15). The second-order valence-corrected chi connectivity index (χ2v) is 3.89. The maximum atomic E-state index is 11.2. The number of H-pyrrole nitrogens is 1. The Morgan fingerprint density at radius 1 is 1.61 bits per heavy atom. The third kappa shape index (κ3) is 2.78. The fraction of sp³-hybridized carbons (Fsp3) is 0.333. The van der Waals surface area contributed by atoms with Crippen LogP contribution in [0.4, 0.5) is 0 Å². The van der Waals surface area contributed by atoms with Gasteiger partial charge in [-0.1, -0.05) is 0 Å². The van der Waals surface area contributed by atoms with Crippen LogP contribution in [-0.2, 0) is 11.3 Å². The van der Waals surface area contributed by atoms with Crippen molar-refractivity contribution < 1.29 is 13.9 Å². The number of nitrogens with zero attached hydrogens (tertiary/aromatic N) is 1. The molecular weight excluding hydrogens is 234 g/mol. The molecule has 0 aliphatic carbocycles. The molecule has 0 saturated heterocycles. The fourth-order valence-corrected chi connectivity index (χ4v) is 1.55. The van der Waals surface area contributed by atoms with Crippen LogP contribution < -0.4 is 5.32 Å². The number of carbonyl (C=O) groups excluding carboxylic acids is 1. The van der Waals surface area contributed by atoms with Crippen LogP contribution >= 0.6 is 0 Å². The third-order valence-corrected chi connectivity index (χ3v) is 2.65. The lowest BCUT2D eigenvalue weighted by atomic mass is 10.2. The molecule has 1 unspecified atom stereocenters. The van der Waals surface area contributed by atoms with Gasteiger partial charge in [-0.05, 0) is 19.1 Å². The first-order valence-electron chi connectivity index (χ1n) is 5.60. The van der Waals surface area contributed by atoms with Gasteiger partial charge in [-0.3, -0.25) is 5.10 Å². The molecule has 0 aliphatic heterocycles. The normalized spacial score (nSPS) is 12.3. The molecule has 0 radical (unpaired) electrons. The summed E-state index contributed by atoms with van der Waals surface area (Å²) in [6.45, 7) is 2.55. The highest BCUT2D eigenvalue weighted by Crippen LogP contribution is 2.13. The summed E-state index contributed by atoms with van der Waals surface area (Å²) in [5.41, 5.74) is 1.06. The second kappa shape index (κ2) is 5.50. The summed E-state index contributed by atoms with van der Waals surface area (Å²) in [5, 5.41) is 9.91. The molecule has 0 aliphatic rings. The van der Waals surface area contributed by atoms with Gasteiger partial charge in [0, 0.05) is 17.8 Å². The van der Waals surface area contributed by atoms with Crippen LogP contribution in [-0.4, -0.2) is 23.3 Å². The van der Waals surface area contributed by atoms with Gasteiger partial charge < -0.3 is 14.5 Å². The monoisotopic (exact) mass is 249 g/mol. The highest BCUT2D eigenvalue weighted by Gasteiger charge is 2.12. The zero-order valence-corrected chi connectivity index (χ0v) is 10.3. The zero-order chi connectivity index (χ0) is 13.0. The zero-order valence-electron chi connectivity index (χ0n) is 10.3. The number of esters is 1. The van der Waals surface area contributed by atoms with Crippen molar-refractivity contribution in [2.75, 3.05) is 7.11 Å². The van der Waals surface area contributed by atoms with Gasteiger partial charge in [0.1, 0.15) is 5.76 Å². The van der Waals surface area contributed by atoms with Crippen molar-refractivity contribution in [2.45, 2.75) is 19.5 Å². The molecule has 2 rings (SSSR count). The van der Waals surface area contributed by atoms with Crippen LogP contribution in [0, 0.1) is 0 Å². The van der Waals surface area contributed by atoms with E-state index < -0.39 is 5.97 Å². The number of furan rings is 1. The molecule has 18 heavy (non-hydrogen) atoms. The predicted octanol–water partition coefficient (Wildman–Crippen LogP) is 1.64. The SMILES string of the molecule is COC(=O)c1ccc(CNC(C)c2cn[nH]c2)o1. The Morgan fingerprint density at radius 2 is 2.44 bits per heavy atom. The average molecular weight is 249 g/mol. The number of nitrogens with one attached hydrogen (secondary N) is 2. The van der Waals surface area contributed by atoms with Gasteiger partial charge in [-0.25, -0.2) is 4.79 Å². The van der Waals surface area contributed by atoms with E-state index in [4.69, 9.17) is 4.42 Å². The molecule has 2 N–H and O–H groups in total. The molecule has 6 heteroatoms. The Bertz CT molecular complexity index is 504. The molecule has 96 valence electrons. The number of rotatable bonds is 5. The molecular formula is C12H15N3O3. The van der Waals surface area contributed by atoms with Crippen molar-refractivity contribution in [2.24, 2.45) is 0 Å². The lowest BCUT2D eigenvalue weighted by molar-refractivity contribution is 0.0563. The van der Waals surface area contributed by atoms with Crippen molar-refractivity contribution in [1.82, 2.24) is 15.5 Å². The Kier molecular flexibility index (Phi) is 3.78. The summed E-state index contributed by atoms with van der Waals surface area (Å²) in [7, 11) is 1.32. The molecule has 2 aromatic heterocycles. The van der Waals surface area contributed by atoms with E-state index in [0.717, 1.165) is 5.56 Å². The highest BCUT2D eigenvalue weighted by atomic mass is 16.5. The number of ether oxygens (including phenoxy) is 1. The number of aromatic amines is 1. The quantitative estimate of drug-likeness (QED) is 0.787. The maximum absolute atomic E-state index is 11.2. The summed E-state index contributed by atoms with van der Waals surface area (Å²) >= 11 is 0. The van der Waals surface area contributed by atoms with Crippen LogP contribution in [0.15, 0.2) is 28.9 Å². The molecule has 1 atom stereocenters. The molecule has 6 nitrogen and oxygen atoms in total. The molecule has 0 bridgehead atoms. The number of carbonyl (C=O) groups is 1. The lowest BCUT2D eigenvalue weighted by Crippen LogP contribution is -2.17. The first-order chi connectivity index (χ1) is 8.70. The van der Waals surface area contributed by atoms with Crippen LogP contribution in [0.1, 0.15) is 34.8 Å². The summed E-state index contributed by atoms with van der Waals surface area (Å²) < 4.78 is 9.91. The van der Waals surface area contributed by atoms with Crippen molar-refractivity contribution in [3.63, 3.8) is 0 Å². The Hall–Kier alpha value is -2.08. The van der Waals surface area contributed by atoms with Gasteiger partial charge in [0.25, 0.3) is 0 Å². The molecule has 2 aromatic rings. The van der Waals surface area contributed by atoms with Gasteiger partial charge in [-0.2, -0.15) is 5.10 Å². The van der Waals surface area contributed by atoms with Crippen LogP contribution in [0.3, 0.4) is 0 Å². The molecule has 0 aromatic carbocycles. The van der Waals surface area contributed by atoms with E-state index in [-0.39, 0.29) is 11.8 Å². The van der Waals surface area contributed by atoms with E-state index in [0.29, 0.717) is 12.3 Å². The van der Waals surface area contributed by atoms with Crippen molar-refractivity contribution >= 4 is 5.97 Å².